The van der Waals surface area contributed by atoms with Crippen molar-refractivity contribution in [3.63, 3.8) is 0 Å². The summed E-state index contributed by atoms with van der Waals surface area (Å²) in [6.07, 6.45) is 1.23. The summed E-state index contributed by atoms with van der Waals surface area (Å²) >= 11 is 5.96. The molecule has 0 heterocycles. The number of carboxylic acid groups (broad SMARTS) is 1. The maximum atomic E-state index is 11.0. The summed E-state index contributed by atoms with van der Waals surface area (Å²) in [5, 5.41) is 18.3. The van der Waals surface area contributed by atoms with E-state index in [-0.39, 0.29) is 6.61 Å². The first-order chi connectivity index (χ1) is 12.4. The van der Waals surface area contributed by atoms with Gasteiger partial charge < -0.3 is 14.6 Å². The van der Waals surface area contributed by atoms with Crippen molar-refractivity contribution in [1.82, 2.24) is 0 Å². The third-order valence-corrected chi connectivity index (χ3v) is 3.80. The molecule has 0 bridgehead atoms. The number of carboxylic acids is 1. The van der Waals surface area contributed by atoms with Gasteiger partial charge in [0, 0.05) is 10.6 Å². The Morgan fingerprint density at radius 1 is 1.15 bits per heavy atom. The molecule has 1 N–H and O–H groups in total. The number of nitrogens with zero attached hydrogens (tertiary/aromatic N) is 1. The van der Waals surface area contributed by atoms with Crippen LogP contribution in [0.25, 0.3) is 6.08 Å². The first-order valence-corrected chi connectivity index (χ1v) is 8.26. The number of rotatable bonds is 7. The van der Waals surface area contributed by atoms with E-state index >= 15 is 0 Å². The highest BCUT2D eigenvalue weighted by Crippen LogP contribution is 2.25. The van der Waals surface area contributed by atoms with E-state index in [1.807, 2.05) is 32.0 Å². The van der Waals surface area contributed by atoms with Crippen LogP contribution in [0.3, 0.4) is 0 Å². The maximum absolute atomic E-state index is 11.0. The van der Waals surface area contributed by atoms with Gasteiger partial charge in [0.05, 0.1) is 0 Å². The highest BCUT2D eigenvalue weighted by atomic mass is 35.5. The van der Waals surface area contributed by atoms with Gasteiger partial charge in [0.2, 0.25) is 0 Å². The summed E-state index contributed by atoms with van der Waals surface area (Å²) in [4.78, 5) is 11.0. The Balaban J connectivity index is 2.07. The lowest BCUT2D eigenvalue weighted by Gasteiger charge is -2.12. The van der Waals surface area contributed by atoms with Gasteiger partial charge in [0.1, 0.15) is 36.4 Å². The number of benzene rings is 2. The van der Waals surface area contributed by atoms with Crippen molar-refractivity contribution < 1.29 is 19.4 Å². The van der Waals surface area contributed by atoms with E-state index in [1.54, 1.807) is 24.3 Å². The topological polar surface area (TPSA) is 79.5 Å². The third kappa shape index (κ3) is 5.27. The fourth-order valence-corrected chi connectivity index (χ4v) is 2.41. The van der Waals surface area contributed by atoms with Gasteiger partial charge in [-0.1, -0.05) is 23.7 Å². The molecule has 134 valence electrons. The van der Waals surface area contributed by atoms with E-state index in [1.165, 1.54) is 6.08 Å². The molecule has 0 fully saturated rings. The van der Waals surface area contributed by atoms with E-state index in [0.717, 1.165) is 16.9 Å². The average molecular weight is 372 g/mol. The number of hydrogen-bond acceptors (Lipinski definition) is 4. The van der Waals surface area contributed by atoms with E-state index in [4.69, 9.17) is 31.4 Å². The number of aryl methyl sites for hydroxylation is 2. The molecule has 0 unspecified atom stereocenters. The number of carbonyl (C=O) groups is 1. The highest BCUT2D eigenvalue weighted by Gasteiger charge is 2.10. The number of halogens is 1. The van der Waals surface area contributed by atoms with Gasteiger partial charge in [-0.25, -0.2) is 4.79 Å². The Morgan fingerprint density at radius 3 is 2.50 bits per heavy atom. The molecule has 2 aromatic rings. The predicted octanol–water partition coefficient (Wildman–Crippen LogP) is 4.41. The molecule has 0 aliphatic heterocycles. The third-order valence-electron chi connectivity index (χ3n) is 3.56. The van der Waals surface area contributed by atoms with Crippen LogP contribution in [0.5, 0.6) is 11.5 Å². The number of aliphatic carboxylic acids is 1. The normalized spacial score (nSPS) is 10.9. The minimum Gasteiger partial charge on any atom is -0.490 e. The molecular formula is C20H18ClNO4. The molecule has 0 saturated carbocycles. The van der Waals surface area contributed by atoms with Gasteiger partial charge in [-0.3, -0.25) is 0 Å². The summed E-state index contributed by atoms with van der Waals surface area (Å²) in [6.45, 7) is 4.53. The van der Waals surface area contributed by atoms with Crippen molar-refractivity contribution in [1.29, 1.82) is 5.26 Å². The van der Waals surface area contributed by atoms with Crippen molar-refractivity contribution in [2.45, 2.75) is 13.8 Å². The second kappa shape index (κ2) is 8.93. The van der Waals surface area contributed by atoms with Crippen LogP contribution in [0.4, 0.5) is 0 Å². The van der Waals surface area contributed by atoms with E-state index in [2.05, 4.69) is 0 Å². The largest absolute Gasteiger partial charge is 0.490 e. The lowest BCUT2D eigenvalue weighted by atomic mass is 10.1. The van der Waals surface area contributed by atoms with Crippen LogP contribution in [0.2, 0.25) is 5.02 Å². The smallest absolute Gasteiger partial charge is 0.346 e. The first-order valence-electron chi connectivity index (χ1n) is 7.88. The van der Waals surface area contributed by atoms with Crippen molar-refractivity contribution in [3.05, 3.63) is 63.7 Å². The highest BCUT2D eigenvalue weighted by molar-refractivity contribution is 6.30. The van der Waals surface area contributed by atoms with Crippen LogP contribution < -0.4 is 9.47 Å². The predicted molar refractivity (Wildman–Crippen MR) is 99.6 cm³/mol. The number of nitriles is 1. The fraction of sp³-hybridized carbons (Fsp3) is 0.200. The quantitative estimate of drug-likeness (QED) is 0.443. The summed E-state index contributed by atoms with van der Waals surface area (Å²) in [5.74, 6) is -0.0906. The molecule has 0 aliphatic rings. The standard InChI is InChI=1S/C20H18ClNO4/c1-13-3-4-14(2)19(9-13)26-8-7-25-18-6-5-17(21)11-15(18)10-16(12-22)20(23)24/h3-6,9-11H,7-8H2,1-2H3,(H,23,24). The molecule has 0 aliphatic carbocycles. The maximum Gasteiger partial charge on any atom is 0.346 e. The molecule has 0 spiro atoms. The molecule has 0 atom stereocenters. The van der Waals surface area contributed by atoms with Crippen molar-refractivity contribution in [3.8, 4) is 17.6 Å². The summed E-state index contributed by atoms with van der Waals surface area (Å²) in [7, 11) is 0. The molecule has 0 radical (unpaired) electrons. The molecule has 0 aromatic heterocycles. The van der Waals surface area contributed by atoms with Crippen LogP contribution in [-0.2, 0) is 4.79 Å². The second-order valence-corrected chi connectivity index (χ2v) is 6.06. The zero-order valence-electron chi connectivity index (χ0n) is 14.5. The van der Waals surface area contributed by atoms with Gasteiger partial charge >= 0.3 is 5.97 Å². The Labute approximate surface area is 157 Å². The molecular weight excluding hydrogens is 354 g/mol. The van der Waals surface area contributed by atoms with Gasteiger partial charge in [-0.05, 0) is 55.3 Å². The average Bonchev–Trinajstić information content (AvgIpc) is 2.60. The molecule has 26 heavy (non-hydrogen) atoms. The monoisotopic (exact) mass is 371 g/mol. The Hall–Kier alpha value is -2.97. The van der Waals surface area contributed by atoms with Crippen LogP contribution in [0.1, 0.15) is 16.7 Å². The summed E-state index contributed by atoms with van der Waals surface area (Å²) in [6, 6.07) is 12.4. The van der Waals surface area contributed by atoms with Crippen molar-refractivity contribution in [2.75, 3.05) is 13.2 Å². The van der Waals surface area contributed by atoms with Gasteiger partial charge in [0.15, 0.2) is 0 Å². The van der Waals surface area contributed by atoms with Crippen molar-refractivity contribution >= 4 is 23.6 Å². The van der Waals surface area contributed by atoms with Crippen LogP contribution in [0.15, 0.2) is 42.0 Å². The Bertz CT molecular complexity index is 884. The van der Waals surface area contributed by atoms with E-state index < -0.39 is 11.5 Å². The summed E-state index contributed by atoms with van der Waals surface area (Å²) in [5.41, 5.74) is 2.16. The van der Waals surface area contributed by atoms with E-state index in [9.17, 15) is 4.79 Å². The van der Waals surface area contributed by atoms with E-state index in [0.29, 0.717) is 22.9 Å². The Morgan fingerprint density at radius 2 is 1.85 bits per heavy atom. The van der Waals surface area contributed by atoms with Crippen LogP contribution in [-0.4, -0.2) is 24.3 Å². The molecule has 0 amide bonds. The molecule has 6 heteroatoms. The van der Waals surface area contributed by atoms with Crippen LogP contribution >= 0.6 is 11.6 Å². The lowest BCUT2D eigenvalue weighted by molar-refractivity contribution is -0.132. The number of ether oxygens (including phenoxy) is 2. The SMILES string of the molecule is Cc1ccc(C)c(OCCOc2ccc(Cl)cc2C=C(C#N)C(=O)O)c1. The minimum absolute atomic E-state index is 0.255. The van der Waals surface area contributed by atoms with Gasteiger partial charge in [-0.15, -0.1) is 0 Å². The van der Waals surface area contributed by atoms with Gasteiger partial charge in [-0.2, -0.15) is 5.26 Å². The molecule has 5 nitrogen and oxygen atoms in total. The molecule has 2 aromatic carbocycles. The molecule has 2 rings (SSSR count). The number of hydrogen-bond donors (Lipinski definition) is 1. The lowest BCUT2D eigenvalue weighted by Crippen LogP contribution is -2.10. The molecule has 0 saturated heterocycles. The Kier molecular flexibility index (Phi) is 6.65. The van der Waals surface area contributed by atoms with Crippen LogP contribution in [0, 0.1) is 25.2 Å². The second-order valence-electron chi connectivity index (χ2n) is 5.62. The zero-order valence-corrected chi connectivity index (χ0v) is 15.2. The van der Waals surface area contributed by atoms with Gasteiger partial charge in [0.25, 0.3) is 0 Å². The fourth-order valence-electron chi connectivity index (χ4n) is 2.23. The zero-order chi connectivity index (χ0) is 19.1. The first kappa shape index (κ1) is 19.4. The summed E-state index contributed by atoms with van der Waals surface area (Å²) < 4.78 is 11.4. The van der Waals surface area contributed by atoms with Crippen molar-refractivity contribution in [2.24, 2.45) is 0 Å². The minimum atomic E-state index is -1.31.